The van der Waals surface area contributed by atoms with Gasteiger partial charge in [-0.2, -0.15) is 0 Å². The zero-order chi connectivity index (χ0) is 14.5. The number of nitrogens with one attached hydrogen (secondary N) is 1. The third kappa shape index (κ3) is 3.34. The van der Waals surface area contributed by atoms with Crippen molar-refractivity contribution in [3.63, 3.8) is 0 Å². The molecule has 21 heavy (non-hydrogen) atoms. The first-order valence-electron chi connectivity index (χ1n) is 7.23. The Balaban J connectivity index is 1.79. The van der Waals surface area contributed by atoms with Crippen LogP contribution in [-0.2, 0) is 6.42 Å². The van der Waals surface area contributed by atoms with Gasteiger partial charge in [0.15, 0.2) is 0 Å². The lowest BCUT2D eigenvalue weighted by molar-refractivity contribution is 0.562. The van der Waals surface area contributed by atoms with Gasteiger partial charge < -0.3 is 9.73 Å². The molecular weight excluding hydrogens is 258 g/mol. The molecule has 0 radical (unpaired) electrons. The molecule has 0 bridgehead atoms. The van der Waals surface area contributed by atoms with E-state index in [1.165, 1.54) is 16.8 Å². The van der Waals surface area contributed by atoms with Crippen LogP contribution in [-0.4, -0.2) is 0 Å². The highest BCUT2D eigenvalue weighted by molar-refractivity contribution is 5.54. The van der Waals surface area contributed by atoms with Crippen LogP contribution in [0.2, 0.25) is 0 Å². The van der Waals surface area contributed by atoms with Crippen LogP contribution in [0.5, 0.6) is 0 Å². The van der Waals surface area contributed by atoms with Gasteiger partial charge in [-0.05, 0) is 36.6 Å². The van der Waals surface area contributed by atoms with E-state index in [2.05, 4.69) is 66.8 Å². The maximum atomic E-state index is 5.16. The Hall–Kier alpha value is -2.48. The van der Waals surface area contributed by atoms with E-state index in [1.807, 2.05) is 6.07 Å². The van der Waals surface area contributed by atoms with Crippen molar-refractivity contribution in [2.45, 2.75) is 19.4 Å². The summed E-state index contributed by atoms with van der Waals surface area (Å²) in [7, 11) is 0. The van der Waals surface area contributed by atoms with E-state index >= 15 is 0 Å². The monoisotopic (exact) mass is 277 g/mol. The highest BCUT2D eigenvalue weighted by Gasteiger charge is 2.09. The molecule has 0 amide bonds. The lowest BCUT2D eigenvalue weighted by Gasteiger charge is -2.17. The van der Waals surface area contributed by atoms with Crippen LogP contribution in [0.25, 0.3) is 0 Å². The topological polar surface area (TPSA) is 25.2 Å². The average molecular weight is 277 g/mol. The normalized spacial score (nSPS) is 12.0. The van der Waals surface area contributed by atoms with Gasteiger partial charge in [-0.3, -0.25) is 0 Å². The lowest BCUT2D eigenvalue weighted by Crippen LogP contribution is -2.07. The van der Waals surface area contributed by atoms with Crippen molar-refractivity contribution in [2.24, 2.45) is 0 Å². The maximum Gasteiger partial charge on any atom is 0.0955 e. The smallest absolute Gasteiger partial charge is 0.0955 e. The molecule has 1 atom stereocenters. The largest absolute Gasteiger partial charge is 0.472 e. The van der Waals surface area contributed by atoms with Gasteiger partial charge in [-0.15, -0.1) is 0 Å². The molecule has 0 aliphatic carbocycles. The third-order valence-corrected chi connectivity index (χ3v) is 3.67. The lowest BCUT2D eigenvalue weighted by atomic mass is 10.0. The van der Waals surface area contributed by atoms with Gasteiger partial charge in [-0.1, -0.05) is 48.5 Å². The van der Waals surface area contributed by atoms with Gasteiger partial charge in [0.25, 0.3) is 0 Å². The third-order valence-electron chi connectivity index (χ3n) is 3.67. The summed E-state index contributed by atoms with van der Waals surface area (Å²) in [5.41, 5.74) is 4.96. The zero-order valence-corrected chi connectivity index (χ0v) is 12.1. The number of benzene rings is 2. The molecule has 3 rings (SSSR count). The first kappa shape index (κ1) is 13.5. The van der Waals surface area contributed by atoms with Crippen LogP contribution >= 0.6 is 0 Å². The van der Waals surface area contributed by atoms with Crippen molar-refractivity contribution in [1.29, 1.82) is 0 Å². The molecule has 1 unspecified atom stereocenters. The molecule has 2 aromatic carbocycles. The Labute approximate surface area is 125 Å². The summed E-state index contributed by atoms with van der Waals surface area (Å²) < 4.78 is 5.16. The van der Waals surface area contributed by atoms with E-state index < -0.39 is 0 Å². The van der Waals surface area contributed by atoms with E-state index in [4.69, 9.17) is 4.42 Å². The highest BCUT2D eigenvalue weighted by Crippen LogP contribution is 2.24. The molecule has 1 aromatic heterocycles. The van der Waals surface area contributed by atoms with Crippen LogP contribution in [0.1, 0.15) is 29.7 Å². The second kappa shape index (κ2) is 6.31. The molecular formula is C19H19NO. The minimum Gasteiger partial charge on any atom is -0.472 e. The molecule has 3 aromatic rings. The van der Waals surface area contributed by atoms with Crippen molar-refractivity contribution in [3.8, 4) is 0 Å². The second-order valence-electron chi connectivity index (χ2n) is 5.24. The Bertz CT molecular complexity index is 674. The van der Waals surface area contributed by atoms with Crippen molar-refractivity contribution >= 4 is 5.69 Å². The molecule has 0 aliphatic rings. The van der Waals surface area contributed by atoms with E-state index in [9.17, 15) is 0 Å². The molecule has 0 saturated carbocycles. The summed E-state index contributed by atoms with van der Waals surface area (Å²) in [5.74, 6) is 0. The number of furan rings is 1. The van der Waals surface area contributed by atoms with Crippen molar-refractivity contribution in [1.82, 2.24) is 0 Å². The minimum absolute atomic E-state index is 0.223. The number of rotatable bonds is 5. The molecule has 0 aliphatic heterocycles. The van der Waals surface area contributed by atoms with Gasteiger partial charge in [-0.25, -0.2) is 0 Å². The second-order valence-corrected chi connectivity index (χ2v) is 5.24. The molecule has 0 fully saturated rings. The summed E-state index contributed by atoms with van der Waals surface area (Å²) in [6.45, 7) is 2.14. The van der Waals surface area contributed by atoms with Gasteiger partial charge in [0.05, 0.1) is 18.6 Å². The predicted molar refractivity (Wildman–Crippen MR) is 86.4 cm³/mol. The Morgan fingerprint density at radius 1 is 0.952 bits per heavy atom. The Morgan fingerprint density at radius 2 is 1.71 bits per heavy atom. The van der Waals surface area contributed by atoms with Crippen LogP contribution < -0.4 is 5.32 Å². The van der Waals surface area contributed by atoms with E-state index in [1.54, 1.807) is 12.5 Å². The first-order chi connectivity index (χ1) is 10.3. The summed E-state index contributed by atoms with van der Waals surface area (Å²) >= 11 is 0. The molecule has 0 spiro atoms. The maximum absolute atomic E-state index is 5.16. The average Bonchev–Trinajstić information content (AvgIpc) is 3.05. The van der Waals surface area contributed by atoms with Gasteiger partial charge in [0, 0.05) is 11.3 Å². The molecule has 1 N–H and O–H groups in total. The number of hydrogen-bond donors (Lipinski definition) is 1. The fraction of sp³-hybridized carbons (Fsp3) is 0.158. The van der Waals surface area contributed by atoms with Crippen LogP contribution in [0.3, 0.4) is 0 Å². The fourth-order valence-electron chi connectivity index (χ4n) is 2.47. The van der Waals surface area contributed by atoms with Gasteiger partial charge in [0.2, 0.25) is 0 Å². The molecule has 106 valence electrons. The van der Waals surface area contributed by atoms with Crippen molar-refractivity contribution < 1.29 is 4.42 Å². The SMILES string of the molecule is CC(Nc1ccccc1Cc1ccccc1)c1ccoc1. The predicted octanol–water partition coefficient (Wildman–Crippen LogP) is 5.04. The number of hydrogen-bond acceptors (Lipinski definition) is 2. The Kier molecular flexibility index (Phi) is 4.06. The summed E-state index contributed by atoms with van der Waals surface area (Å²) in [4.78, 5) is 0. The molecule has 0 saturated heterocycles. The zero-order valence-electron chi connectivity index (χ0n) is 12.1. The van der Waals surface area contributed by atoms with E-state index in [0.29, 0.717) is 0 Å². The minimum atomic E-state index is 0.223. The van der Waals surface area contributed by atoms with E-state index in [-0.39, 0.29) is 6.04 Å². The highest BCUT2D eigenvalue weighted by atomic mass is 16.3. The summed E-state index contributed by atoms with van der Waals surface area (Å²) in [6.07, 6.45) is 4.43. The van der Waals surface area contributed by atoms with Crippen LogP contribution in [0.4, 0.5) is 5.69 Å². The van der Waals surface area contributed by atoms with Gasteiger partial charge in [0.1, 0.15) is 0 Å². The van der Waals surface area contributed by atoms with Crippen LogP contribution in [0, 0.1) is 0 Å². The number of para-hydroxylation sites is 1. The van der Waals surface area contributed by atoms with E-state index in [0.717, 1.165) is 12.0 Å². The fourth-order valence-corrected chi connectivity index (χ4v) is 2.47. The first-order valence-corrected chi connectivity index (χ1v) is 7.23. The van der Waals surface area contributed by atoms with Crippen LogP contribution in [0.15, 0.2) is 77.6 Å². The van der Waals surface area contributed by atoms with Gasteiger partial charge >= 0.3 is 0 Å². The molecule has 2 heteroatoms. The number of anilines is 1. The molecule has 1 heterocycles. The standard InChI is InChI=1S/C19H19NO/c1-15(18-11-12-21-14-18)20-19-10-6-5-9-17(19)13-16-7-3-2-4-8-16/h2-12,14-15,20H,13H2,1H3. The molecule has 2 nitrogen and oxygen atoms in total. The Morgan fingerprint density at radius 3 is 2.48 bits per heavy atom. The van der Waals surface area contributed by atoms with Crippen molar-refractivity contribution in [2.75, 3.05) is 5.32 Å². The summed E-state index contributed by atoms with van der Waals surface area (Å²) in [5, 5.41) is 3.57. The summed E-state index contributed by atoms with van der Waals surface area (Å²) in [6, 6.07) is 21.2. The quantitative estimate of drug-likeness (QED) is 0.706. The van der Waals surface area contributed by atoms with Crippen molar-refractivity contribution in [3.05, 3.63) is 89.9 Å².